The zero-order valence-electron chi connectivity index (χ0n) is 9.82. The molecule has 3 nitrogen and oxygen atoms in total. The van der Waals surface area contributed by atoms with Gasteiger partial charge in [-0.25, -0.2) is 0 Å². The minimum Gasteiger partial charge on any atom is -0.316 e. The van der Waals surface area contributed by atoms with Crippen molar-refractivity contribution in [1.82, 2.24) is 15.2 Å². The fraction of sp³-hybridized carbons (Fsp3) is 0.615. The Morgan fingerprint density at radius 1 is 1.31 bits per heavy atom. The fourth-order valence-electron chi connectivity index (χ4n) is 2.90. The minimum absolute atomic E-state index is 0.880. The van der Waals surface area contributed by atoms with Crippen molar-refractivity contribution in [1.29, 1.82) is 0 Å². The summed E-state index contributed by atoms with van der Waals surface area (Å²) in [7, 11) is 0. The molecule has 0 saturated carbocycles. The third kappa shape index (κ3) is 1.97. The molecule has 0 spiro atoms. The van der Waals surface area contributed by atoms with Crippen molar-refractivity contribution in [3.05, 3.63) is 29.6 Å². The molecule has 2 aliphatic rings. The van der Waals surface area contributed by atoms with Gasteiger partial charge in [0.25, 0.3) is 0 Å². The molecule has 1 aromatic heterocycles. The first-order valence-electron chi connectivity index (χ1n) is 6.16. The number of nitrogens with one attached hydrogen (secondary N) is 1. The van der Waals surface area contributed by atoms with Crippen molar-refractivity contribution in [2.24, 2.45) is 11.8 Å². The number of aryl methyl sites for hydroxylation is 1. The summed E-state index contributed by atoms with van der Waals surface area (Å²) in [5, 5.41) is 3.47. The van der Waals surface area contributed by atoms with Crippen LogP contribution in [0.2, 0.25) is 0 Å². The summed E-state index contributed by atoms with van der Waals surface area (Å²) >= 11 is 0. The monoisotopic (exact) mass is 217 g/mol. The van der Waals surface area contributed by atoms with Gasteiger partial charge < -0.3 is 5.32 Å². The first kappa shape index (κ1) is 10.2. The first-order chi connectivity index (χ1) is 7.81. The number of hydrogen-bond acceptors (Lipinski definition) is 3. The van der Waals surface area contributed by atoms with Crippen LogP contribution in [-0.4, -0.2) is 36.1 Å². The molecule has 16 heavy (non-hydrogen) atoms. The van der Waals surface area contributed by atoms with Gasteiger partial charge in [-0.3, -0.25) is 9.88 Å². The van der Waals surface area contributed by atoms with Crippen molar-refractivity contribution < 1.29 is 0 Å². The third-order valence-electron chi connectivity index (χ3n) is 3.82. The Balaban J connectivity index is 1.62. The Labute approximate surface area is 96.9 Å². The number of nitrogens with zero attached hydrogens (tertiary/aromatic N) is 2. The maximum atomic E-state index is 4.48. The van der Waals surface area contributed by atoms with Crippen LogP contribution in [0.3, 0.4) is 0 Å². The lowest BCUT2D eigenvalue weighted by Crippen LogP contribution is -2.25. The van der Waals surface area contributed by atoms with Gasteiger partial charge in [-0.2, -0.15) is 0 Å². The molecule has 1 aromatic rings. The number of hydrogen-bond donors (Lipinski definition) is 1. The number of pyridine rings is 1. The lowest BCUT2D eigenvalue weighted by atomic mass is 10.0. The number of aromatic nitrogens is 1. The van der Waals surface area contributed by atoms with E-state index in [-0.39, 0.29) is 0 Å². The largest absolute Gasteiger partial charge is 0.316 e. The molecule has 2 aliphatic heterocycles. The molecule has 3 rings (SSSR count). The molecular weight excluding hydrogens is 198 g/mol. The summed E-state index contributed by atoms with van der Waals surface area (Å²) in [5.41, 5.74) is 2.45. The molecule has 0 aromatic carbocycles. The molecule has 2 fully saturated rings. The molecule has 2 saturated heterocycles. The lowest BCUT2D eigenvalue weighted by molar-refractivity contribution is 0.302. The van der Waals surface area contributed by atoms with Gasteiger partial charge in [0.05, 0.1) is 5.69 Å². The van der Waals surface area contributed by atoms with Crippen LogP contribution in [0.25, 0.3) is 0 Å². The maximum Gasteiger partial charge on any atom is 0.0544 e. The predicted molar refractivity (Wildman–Crippen MR) is 64.1 cm³/mol. The Hall–Kier alpha value is -0.930. The average molecular weight is 217 g/mol. The van der Waals surface area contributed by atoms with E-state index in [4.69, 9.17) is 0 Å². The summed E-state index contributed by atoms with van der Waals surface area (Å²) in [4.78, 5) is 7.03. The highest BCUT2D eigenvalue weighted by Crippen LogP contribution is 2.26. The minimum atomic E-state index is 0.880. The van der Waals surface area contributed by atoms with Crippen LogP contribution in [0.5, 0.6) is 0 Å². The SMILES string of the molecule is Cc1ccc(CN2CC3CNCC3C2)nc1. The van der Waals surface area contributed by atoms with E-state index in [1.807, 2.05) is 6.20 Å². The second-order valence-electron chi connectivity index (χ2n) is 5.20. The molecular formula is C13H19N3. The summed E-state index contributed by atoms with van der Waals surface area (Å²) in [6.07, 6.45) is 1.97. The quantitative estimate of drug-likeness (QED) is 0.802. The van der Waals surface area contributed by atoms with Crippen LogP contribution in [0.4, 0.5) is 0 Å². The zero-order valence-corrected chi connectivity index (χ0v) is 9.82. The molecule has 0 radical (unpaired) electrons. The van der Waals surface area contributed by atoms with Gasteiger partial charge in [-0.15, -0.1) is 0 Å². The molecule has 3 heteroatoms. The van der Waals surface area contributed by atoms with Crippen molar-refractivity contribution in [3.63, 3.8) is 0 Å². The Morgan fingerprint density at radius 2 is 2.06 bits per heavy atom. The second kappa shape index (κ2) is 4.15. The summed E-state index contributed by atoms with van der Waals surface area (Å²) in [6.45, 7) is 8.02. The standard InChI is InChI=1S/C13H19N3/c1-10-2-3-13(15-4-10)9-16-7-11-5-14-6-12(11)8-16/h2-4,11-12,14H,5-9H2,1H3. The normalized spacial score (nSPS) is 29.6. The van der Waals surface area contributed by atoms with Crippen LogP contribution >= 0.6 is 0 Å². The first-order valence-corrected chi connectivity index (χ1v) is 6.16. The van der Waals surface area contributed by atoms with Crippen LogP contribution in [-0.2, 0) is 6.54 Å². The maximum absolute atomic E-state index is 4.48. The van der Waals surface area contributed by atoms with E-state index in [2.05, 4.69) is 34.3 Å². The van der Waals surface area contributed by atoms with Crippen molar-refractivity contribution in [3.8, 4) is 0 Å². The number of likely N-dealkylation sites (tertiary alicyclic amines) is 1. The Bertz CT molecular complexity index is 348. The summed E-state index contributed by atoms with van der Waals surface area (Å²) in [6, 6.07) is 4.31. The van der Waals surface area contributed by atoms with E-state index in [0.717, 1.165) is 18.4 Å². The van der Waals surface area contributed by atoms with Crippen LogP contribution in [0.15, 0.2) is 18.3 Å². The second-order valence-corrected chi connectivity index (χ2v) is 5.20. The molecule has 0 amide bonds. The van der Waals surface area contributed by atoms with E-state index in [9.17, 15) is 0 Å². The molecule has 86 valence electrons. The zero-order chi connectivity index (χ0) is 11.0. The summed E-state index contributed by atoms with van der Waals surface area (Å²) < 4.78 is 0. The highest BCUT2D eigenvalue weighted by Gasteiger charge is 2.35. The molecule has 1 N–H and O–H groups in total. The highest BCUT2D eigenvalue weighted by atomic mass is 15.2. The topological polar surface area (TPSA) is 28.2 Å². The molecule has 2 unspecified atom stereocenters. The van der Waals surface area contributed by atoms with Gasteiger partial charge in [-0.1, -0.05) is 6.07 Å². The van der Waals surface area contributed by atoms with Gasteiger partial charge in [0, 0.05) is 25.8 Å². The molecule has 3 heterocycles. The third-order valence-corrected chi connectivity index (χ3v) is 3.82. The molecule has 0 aliphatic carbocycles. The highest BCUT2D eigenvalue weighted by molar-refractivity contribution is 5.12. The smallest absolute Gasteiger partial charge is 0.0544 e. The Morgan fingerprint density at radius 3 is 2.69 bits per heavy atom. The summed E-state index contributed by atoms with van der Waals surface area (Å²) in [5.74, 6) is 1.76. The van der Waals surface area contributed by atoms with Gasteiger partial charge in [0.15, 0.2) is 0 Å². The van der Waals surface area contributed by atoms with Crippen LogP contribution < -0.4 is 5.32 Å². The van der Waals surface area contributed by atoms with Gasteiger partial charge in [0.2, 0.25) is 0 Å². The van der Waals surface area contributed by atoms with Gasteiger partial charge >= 0.3 is 0 Å². The Kier molecular flexibility index (Phi) is 2.65. The number of rotatable bonds is 2. The van der Waals surface area contributed by atoms with Crippen molar-refractivity contribution in [2.75, 3.05) is 26.2 Å². The average Bonchev–Trinajstić information content (AvgIpc) is 2.81. The van der Waals surface area contributed by atoms with E-state index in [0.29, 0.717) is 0 Å². The van der Waals surface area contributed by atoms with E-state index in [1.54, 1.807) is 0 Å². The predicted octanol–water partition coefficient (Wildman–Crippen LogP) is 1.04. The number of fused-ring (bicyclic) bond motifs is 1. The molecule has 0 bridgehead atoms. The van der Waals surface area contributed by atoms with Gasteiger partial charge in [-0.05, 0) is 43.5 Å². The van der Waals surface area contributed by atoms with Gasteiger partial charge in [0.1, 0.15) is 0 Å². The van der Waals surface area contributed by atoms with Crippen molar-refractivity contribution >= 4 is 0 Å². The van der Waals surface area contributed by atoms with Crippen molar-refractivity contribution in [2.45, 2.75) is 13.5 Å². The van der Waals surface area contributed by atoms with E-state index < -0.39 is 0 Å². The van der Waals surface area contributed by atoms with E-state index >= 15 is 0 Å². The van der Waals surface area contributed by atoms with E-state index in [1.165, 1.54) is 37.4 Å². The lowest BCUT2D eigenvalue weighted by Gasteiger charge is -2.16. The molecule has 2 atom stereocenters. The fourth-order valence-corrected chi connectivity index (χ4v) is 2.90. The van der Waals surface area contributed by atoms with Crippen LogP contribution in [0.1, 0.15) is 11.3 Å². The van der Waals surface area contributed by atoms with Crippen LogP contribution in [0, 0.1) is 18.8 Å².